The normalized spacial score (nSPS) is 11.7. The highest BCUT2D eigenvalue weighted by atomic mass is 14.1. The fourth-order valence-corrected chi connectivity index (χ4v) is 8.99. The zero-order valence-corrected chi connectivity index (χ0v) is 38.8. The molecule has 0 saturated heterocycles. The second kappa shape index (κ2) is 53.0. The van der Waals surface area contributed by atoms with E-state index < -0.39 is 0 Å². The van der Waals surface area contributed by atoms with Crippen molar-refractivity contribution in [3.63, 3.8) is 0 Å². The summed E-state index contributed by atoms with van der Waals surface area (Å²) in [6.45, 7) is 4.63. The fourth-order valence-electron chi connectivity index (χ4n) is 8.99. The maximum absolute atomic E-state index is 2.31. The average molecular weight is 759 g/mol. The van der Waals surface area contributed by atoms with Crippen LogP contribution in [0.2, 0.25) is 0 Å². The molecule has 0 heteroatoms. The van der Waals surface area contributed by atoms with E-state index in [2.05, 4.69) is 13.8 Å². The Morgan fingerprint density at radius 3 is 0.204 bits per heavy atom. The zero-order valence-electron chi connectivity index (χ0n) is 38.8. The first-order valence-electron chi connectivity index (χ1n) is 26.9. The average Bonchev–Trinajstić information content (AvgIpc) is 3.18. The van der Waals surface area contributed by atoms with Crippen molar-refractivity contribution in [3.05, 3.63) is 0 Å². The minimum Gasteiger partial charge on any atom is -0.0654 e. The van der Waals surface area contributed by atoms with Gasteiger partial charge in [0.1, 0.15) is 0 Å². The van der Waals surface area contributed by atoms with Gasteiger partial charge >= 0.3 is 0 Å². The van der Waals surface area contributed by atoms with Crippen LogP contribution in [0.4, 0.5) is 0 Å². The van der Waals surface area contributed by atoms with E-state index in [0.717, 1.165) is 0 Å². The molecule has 0 nitrogen and oxygen atoms in total. The Kier molecular flexibility index (Phi) is 53.0. The van der Waals surface area contributed by atoms with Crippen LogP contribution in [0.15, 0.2) is 0 Å². The van der Waals surface area contributed by atoms with Crippen molar-refractivity contribution in [2.45, 2.75) is 348 Å². The Balaban J connectivity index is 3.05. The largest absolute Gasteiger partial charge is 0.0654 e. The lowest BCUT2D eigenvalue weighted by atomic mass is 10.0. The van der Waals surface area contributed by atoms with Crippen molar-refractivity contribution >= 4 is 0 Å². The van der Waals surface area contributed by atoms with E-state index in [4.69, 9.17) is 0 Å². The lowest BCUT2D eigenvalue weighted by Gasteiger charge is -2.05. The van der Waals surface area contributed by atoms with Crippen molar-refractivity contribution in [3.8, 4) is 0 Å². The van der Waals surface area contributed by atoms with Gasteiger partial charge in [-0.3, -0.25) is 0 Å². The molecule has 0 atom stereocenters. The van der Waals surface area contributed by atoms with E-state index in [1.165, 1.54) is 334 Å². The van der Waals surface area contributed by atoms with E-state index in [1.807, 2.05) is 0 Å². The van der Waals surface area contributed by atoms with Crippen molar-refractivity contribution in [1.29, 1.82) is 0 Å². The monoisotopic (exact) mass is 759 g/mol. The van der Waals surface area contributed by atoms with Gasteiger partial charge in [-0.2, -0.15) is 0 Å². The molecule has 0 bridgehead atoms. The van der Waals surface area contributed by atoms with Crippen LogP contribution in [-0.2, 0) is 0 Å². The molecule has 54 heavy (non-hydrogen) atoms. The molecule has 0 aromatic carbocycles. The number of unbranched alkanes of at least 4 members (excludes halogenated alkanes) is 51. The highest BCUT2D eigenvalue weighted by molar-refractivity contribution is 4.55. The van der Waals surface area contributed by atoms with Crippen LogP contribution < -0.4 is 0 Å². The molecule has 0 rings (SSSR count). The summed E-state index contributed by atoms with van der Waals surface area (Å²) in [5, 5.41) is 0. The van der Waals surface area contributed by atoms with E-state index in [9.17, 15) is 0 Å². The summed E-state index contributed by atoms with van der Waals surface area (Å²) in [5.74, 6) is 0. The van der Waals surface area contributed by atoms with Crippen LogP contribution >= 0.6 is 0 Å². The molecule has 0 heterocycles. The van der Waals surface area contributed by atoms with Crippen molar-refractivity contribution in [2.24, 2.45) is 0 Å². The highest BCUT2D eigenvalue weighted by Gasteiger charge is 1.99. The number of rotatable bonds is 51. The summed E-state index contributed by atoms with van der Waals surface area (Å²) in [7, 11) is 0. The molecule has 0 spiro atoms. The predicted octanol–water partition coefficient (Wildman–Crippen LogP) is 21.3. The van der Waals surface area contributed by atoms with Gasteiger partial charge in [0, 0.05) is 0 Å². The molecule has 0 unspecified atom stereocenters. The van der Waals surface area contributed by atoms with Crippen LogP contribution in [0.5, 0.6) is 0 Å². The Labute approximate surface area is 346 Å². The standard InChI is InChI=1S/C54H110/c1-3-5-7-9-11-13-15-17-19-21-23-25-27-29-31-33-35-37-39-41-43-45-47-49-51-53-54-52-50-48-46-44-42-40-38-36-34-32-30-28-26-24-22-20-18-16-14-12-10-8-6-4-2/h3-54H2,1-2H3. The number of hydrogen-bond donors (Lipinski definition) is 0. The van der Waals surface area contributed by atoms with Gasteiger partial charge in [-0.25, -0.2) is 0 Å². The van der Waals surface area contributed by atoms with Crippen molar-refractivity contribution < 1.29 is 0 Å². The smallest absolute Gasteiger partial charge is 0.0533 e. The summed E-state index contributed by atoms with van der Waals surface area (Å²) >= 11 is 0. The maximum atomic E-state index is 2.31. The third-order valence-corrected chi connectivity index (χ3v) is 13.0. The first-order chi connectivity index (χ1) is 26.9. The third kappa shape index (κ3) is 52.0. The van der Waals surface area contributed by atoms with Gasteiger partial charge in [0.25, 0.3) is 0 Å². The van der Waals surface area contributed by atoms with Gasteiger partial charge in [-0.15, -0.1) is 0 Å². The summed E-state index contributed by atoms with van der Waals surface area (Å²) < 4.78 is 0. The molecule has 0 radical (unpaired) electrons. The molecule has 0 N–H and O–H groups in total. The summed E-state index contributed by atoms with van der Waals surface area (Å²) in [6, 6.07) is 0. The van der Waals surface area contributed by atoms with E-state index in [1.54, 1.807) is 0 Å². The third-order valence-electron chi connectivity index (χ3n) is 13.0. The Bertz CT molecular complexity index is 541. The van der Waals surface area contributed by atoms with Gasteiger partial charge < -0.3 is 0 Å². The summed E-state index contributed by atoms with van der Waals surface area (Å²) in [5.41, 5.74) is 0. The molecule has 0 saturated carbocycles. The first kappa shape index (κ1) is 54.0. The molecule has 326 valence electrons. The van der Waals surface area contributed by atoms with Crippen LogP contribution in [0.3, 0.4) is 0 Å². The quantitative estimate of drug-likeness (QED) is 0.0542. The van der Waals surface area contributed by atoms with Crippen LogP contribution in [-0.4, -0.2) is 0 Å². The Morgan fingerprint density at radius 2 is 0.148 bits per heavy atom. The Morgan fingerprint density at radius 1 is 0.0926 bits per heavy atom. The molecule has 0 aliphatic heterocycles. The predicted molar refractivity (Wildman–Crippen MR) is 251 cm³/mol. The second-order valence-corrected chi connectivity index (χ2v) is 18.7. The van der Waals surface area contributed by atoms with E-state index in [0.29, 0.717) is 0 Å². The fraction of sp³-hybridized carbons (Fsp3) is 1.00. The zero-order chi connectivity index (χ0) is 38.8. The lowest BCUT2D eigenvalue weighted by molar-refractivity contribution is 0.507. The summed E-state index contributed by atoms with van der Waals surface area (Å²) in [6.07, 6.45) is 77.4. The van der Waals surface area contributed by atoms with Gasteiger partial charge in [-0.05, 0) is 0 Å². The topological polar surface area (TPSA) is 0 Å². The van der Waals surface area contributed by atoms with Gasteiger partial charge in [0.2, 0.25) is 0 Å². The molecular formula is C54H110. The molecule has 0 amide bonds. The van der Waals surface area contributed by atoms with E-state index in [-0.39, 0.29) is 0 Å². The minimum absolute atomic E-state index is 1.37. The SMILES string of the molecule is CCCCCCCCCCCCCCCCCCCCCCCCCCCCCCCCCCCCCCCCCCCCCCCCCCCCCC. The van der Waals surface area contributed by atoms with Gasteiger partial charge in [0.05, 0.1) is 0 Å². The minimum atomic E-state index is 1.37. The molecule has 0 aliphatic carbocycles. The van der Waals surface area contributed by atoms with Crippen molar-refractivity contribution in [1.82, 2.24) is 0 Å². The Hall–Kier alpha value is 0. The second-order valence-electron chi connectivity index (χ2n) is 18.7. The van der Waals surface area contributed by atoms with Gasteiger partial charge in [-0.1, -0.05) is 348 Å². The summed E-state index contributed by atoms with van der Waals surface area (Å²) in [4.78, 5) is 0. The van der Waals surface area contributed by atoms with E-state index >= 15 is 0 Å². The molecule has 0 fully saturated rings. The molecule has 0 aromatic heterocycles. The molecule has 0 aromatic rings. The number of hydrogen-bond acceptors (Lipinski definition) is 0. The van der Waals surface area contributed by atoms with Crippen LogP contribution in [0, 0.1) is 0 Å². The van der Waals surface area contributed by atoms with Gasteiger partial charge in [0.15, 0.2) is 0 Å². The maximum Gasteiger partial charge on any atom is -0.0533 e. The first-order valence-corrected chi connectivity index (χ1v) is 26.9. The van der Waals surface area contributed by atoms with Crippen LogP contribution in [0.25, 0.3) is 0 Å². The van der Waals surface area contributed by atoms with Crippen molar-refractivity contribution in [2.75, 3.05) is 0 Å². The van der Waals surface area contributed by atoms with Crippen LogP contribution in [0.1, 0.15) is 348 Å². The molecule has 0 aliphatic rings. The lowest BCUT2D eigenvalue weighted by Crippen LogP contribution is -1.85. The molecular weight excluding hydrogens is 649 g/mol. The highest BCUT2D eigenvalue weighted by Crippen LogP contribution is 2.19.